The molecule has 1 aromatic rings. The largest absolute Gasteiger partial charge is 0.496 e. The molecule has 0 amide bonds. The summed E-state index contributed by atoms with van der Waals surface area (Å²) < 4.78 is 6.70. The number of ether oxygens (including phenoxy) is 1. The molecule has 0 aromatic heterocycles. The standard InChI is InChI=1S/C14H21BrN2O/c1-16(2)8-9-17-7-6-11-12(10-17)14(18-3)5-4-13(11)15/h4-5H,6-10H2,1-3H3. The van der Waals surface area contributed by atoms with Crippen molar-refractivity contribution in [3.63, 3.8) is 0 Å². The molecule has 0 unspecified atom stereocenters. The zero-order chi connectivity index (χ0) is 13.1. The van der Waals surface area contributed by atoms with E-state index in [2.05, 4.69) is 52.0 Å². The zero-order valence-corrected chi connectivity index (χ0v) is 13.0. The van der Waals surface area contributed by atoms with Crippen LogP contribution in [0.15, 0.2) is 16.6 Å². The third kappa shape index (κ3) is 3.05. The van der Waals surface area contributed by atoms with Crippen LogP contribution < -0.4 is 4.74 Å². The fourth-order valence-corrected chi connectivity index (χ4v) is 2.95. The lowest BCUT2D eigenvalue weighted by Gasteiger charge is -2.31. The van der Waals surface area contributed by atoms with E-state index in [1.54, 1.807) is 7.11 Å². The van der Waals surface area contributed by atoms with E-state index in [1.165, 1.54) is 15.6 Å². The van der Waals surface area contributed by atoms with E-state index in [1.807, 2.05) is 0 Å². The first-order valence-electron chi connectivity index (χ1n) is 6.33. The van der Waals surface area contributed by atoms with Crippen LogP contribution in [-0.4, -0.2) is 50.6 Å². The van der Waals surface area contributed by atoms with Gasteiger partial charge in [-0.25, -0.2) is 0 Å². The molecule has 0 radical (unpaired) electrons. The van der Waals surface area contributed by atoms with Gasteiger partial charge in [0.15, 0.2) is 0 Å². The molecule has 1 aromatic carbocycles. The second-order valence-electron chi connectivity index (χ2n) is 5.04. The molecule has 0 saturated carbocycles. The van der Waals surface area contributed by atoms with Gasteiger partial charge in [0.25, 0.3) is 0 Å². The minimum absolute atomic E-state index is 0.992. The van der Waals surface area contributed by atoms with Crippen LogP contribution in [0.2, 0.25) is 0 Å². The van der Waals surface area contributed by atoms with Crippen LogP contribution in [-0.2, 0) is 13.0 Å². The van der Waals surface area contributed by atoms with Gasteiger partial charge in [0.05, 0.1) is 7.11 Å². The predicted octanol–water partition coefficient (Wildman–Crippen LogP) is 2.38. The average Bonchev–Trinajstić information content (AvgIpc) is 2.37. The Morgan fingerprint density at radius 3 is 2.78 bits per heavy atom. The van der Waals surface area contributed by atoms with E-state index in [4.69, 9.17) is 4.74 Å². The van der Waals surface area contributed by atoms with Crippen LogP contribution >= 0.6 is 15.9 Å². The minimum atomic E-state index is 0.992. The Balaban J connectivity index is 2.14. The smallest absolute Gasteiger partial charge is 0.123 e. The number of rotatable bonds is 4. The first-order valence-corrected chi connectivity index (χ1v) is 7.12. The van der Waals surface area contributed by atoms with Crippen molar-refractivity contribution < 1.29 is 4.74 Å². The molecular weight excluding hydrogens is 292 g/mol. The lowest BCUT2D eigenvalue weighted by atomic mass is 9.99. The lowest BCUT2D eigenvalue weighted by molar-refractivity contribution is 0.221. The number of methoxy groups -OCH3 is 1. The summed E-state index contributed by atoms with van der Waals surface area (Å²) >= 11 is 3.65. The molecule has 18 heavy (non-hydrogen) atoms. The summed E-state index contributed by atoms with van der Waals surface area (Å²) in [5.74, 6) is 1.02. The van der Waals surface area contributed by atoms with Gasteiger partial charge in [-0.1, -0.05) is 15.9 Å². The molecule has 3 nitrogen and oxygen atoms in total. The molecule has 0 spiro atoms. The average molecular weight is 313 g/mol. The van der Waals surface area contributed by atoms with Crippen molar-refractivity contribution in [1.82, 2.24) is 9.80 Å². The third-order valence-corrected chi connectivity index (χ3v) is 4.22. The first-order chi connectivity index (χ1) is 8.61. The molecule has 2 rings (SSSR count). The fourth-order valence-electron chi connectivity index (χ4n) is 2.38. The van der Waals surface area contributed by atoms with Crippen molar-refractivity contribution in [3.8, 4) is 5.75 Å². The second-order valence-corrected chi connectivity index (χ2v) is 5.89. The van der Waals surface area contributed by atoms with Gasteiger partial charge in [-0.3, -0.25) is 4.90 Å². The van der Waals surface area contributed by atoms with Crippen molar-refractivity contribution >= 4 is 15.9 Å². The Labute approximate surface area is 118 Å². The highest BCUT2D eigenvalue weighted by Gasteiger charge is 2.21. The van der Waals surface area contributed by atoms with Crippen LogP contribution in [0.3, 0.4) is 0 Å². The van der Waals surface area contributed by atoms with Gasteiger partial charge >= 0.3 is 0 Å². The molecule has 0 fully saturated rings. The molecule has 1 heterocycles. The monoisotopic (exact) mass is 312 g/mol. The summed E-state index contributed by atoms with van der Waals surface area (Å²) in [6.45, 7) is 4.34. The maximum Gasteiger partial charge on any atom is 0.123 e. The maximum absolute atomic E-state index is 5.48. The first kappa shape index (κ1) is 13.8. The van der Waals surface area contributed by atoms with Crippen LogP contribution in [0.1, 0.15) is 11.1 Å². The Bertz CT molecular complexity index is 421. The van der Waals surface area contributed by atoms with E-state index in [9.17, 15) is 0 Å². The van der Waals surface area contributed by atoms with Gasteiger partial charge in [-0.15, -0.1) is 0 Å². The molecule has 1 aliphatic heterocycles. The Hall–Kier alpha value is -0.580. The Morgan fingerprint density at radius 1 is 1.33 bits per heavy atom. The predicted molar refractivity (Wildman–Crippen MR) is 78.2 cm³/mol. The second kappa shape index (κ2) is 6.04. The quantitative estimate of drug-likeness (QED) is 0.849. The summed E-state index contributed by atoms with van der Waals surface area (Å²) in [6, 6.07) is 4.14. The van der Waals surface area contributed by atoms with E-state index < -0.39 is 0 Å². The molecule has 0 aliphatic carbocycles. The van der Waals surface area contributed by atoms with Crippen LogP contribution in [0.25, 0.3) is 0 Å². The van der Waals surface area contributed by atoms with E-state index >= 15 is 0 Å². The number of halogens is 1. The van der Waals surface area contributed by atoms with Crippen molar-refractivity contribution in [3.05, 3.63) is 27.7 Å². The minimum Gasteiger partial charge on any atom is -0.496 e. The van der Waals surface area contributed by atoms with E-state index in [0.29, 0.717) is 0 Å². The van der Waals surface area contributed by atoms with Gasteiger partial charge in [-0.05, 0) is 38.2 Å². The Kier molecular flexibility index (Phi) is 4.65. The van der Waals surface area contributed by atoms with Crippen molar-refractivity contribution in [2.24, 2.45) is 0 Å². The topological polar surface area (TPSA) is 15.7 Å². The van der Waals surface area contributed by atoms with Gasteiger partial charge < -0.3 is 9.64 Å². The Morgan fingerprint density at radius 2 is 2.11 bits per heavy atom. The number of likely N-dealkylation sites (N-methyl/N-ethyl adjacent to an activating group) is 1. The van der Waals surface area contributed by atoms with Crippen molar-refractivity contribution in [1.29, 1.82) is 0 Å². The number of hydrogen-bond acceptors (Lipinski definition) is 3. The lowest BCUT2D eigenvalue weighted by Crippen LogP contribution is -2.36. The van der Waals surface area contributed by atoms with Gasteiger partial charge in [0.1, 0.15) is 5.75 Å². The summed E-state index contributed by atoms with van der Waals surface area (Å²) in [4.78, 5) is 4.73. The highest BCUT2D eigenvalue weighted by molar-refractivity contribution is 9.10. The van der Waals surface area contributed by atoms with Crippen LogP contribution in [0.5, 0.6) is 5.75 Å². The fraction of sp³-hybridized carbons (Fsp3) is 0.571. The number of benzene rings is 1. The normalized spacial score (nSPS) is 15.8. The SMILES string of the molecule is COc1ccc(Br)c2c1CN(CCN(C)C)CC2. The summed E-state index contributed by atoms with van der Waals surface area (Å²) in [6.07, 6.45) is 1.10. The molecule has 0 N–H and O–H groups in total. The van der Waals surface area contributed by atoms with Crippen molar-refractivity contribution in [2.45, 2.75) is 13.0 Å². The summed E-state index contributed by atoms with van der Waals surface area (Å²) in [7, 11) is 5.99. The van der Waals surface area contributed by atoms with Crippen LogP contribution in [0.4, 0.5) is 0 Å². The van der Waals surface area contributed by atoms with Gasteiger partial charge in [0, 0.05) is 36.2 Å². The van der Waals surface area contributed by atoms with E-state index in [-0.39, 0.29) is 0 Å². The van der Waals surface area contributed by atoms with Gasteiger partial charge in [-0.2, -0.15) is 0 Å². The van der Waals surface area contributed by atoms with Crippen LogP contribution in [0, 0.1) is 0 Å². The molecule has 4 heteroatoms. The molecule has 1 aliphatic rings. The third-order valence-electron chi connectivity index (χ3n) is 3.47. The number of nitrogens with zero attached hydrogens (tertiary/aromatic N) is 2. The zero-order valence-electron chi connectivity index (χ0n) is 11.4. The molecule has 100 valence electrons. The van der Waals surface area contributed by atoms with E-state index in [0.717, 1.165) is 38.3 Å². The van der Waals surface area contributed by atoms with Gasteiger partial charge in [0.2, 0.25) is 0 Å². The maximum atomic E-state index is 5.48. The summed E-state index contributed by atoms with van der Waals surface area (Å²) in [5.41, 5.74) is 2.76. The molecule has 0 bridgehead atoms. The highest BCUT2D eigenvalue weighted by atomic mass is 79.9. The number of hydrogen-bond donors (Lipinski definition) is 0. The molecular formula is C14H21BrN2O. The molecule has 0 atom stereocenters. The highest BCUT2D eigenvalue weighted by Crippen LogP contribution is 2.33. The molecule has 0 saturated heterocycles. The summed E-state index contributed by atoms with van der Waals surface area (Å²) in [5, 5.41) is 0. The number of fused-ring (bicyclic) bond motifs is 1. The van der Waals surface area contributed by atoms with Crippen molar-refractivity contribution in [2.75, 3.05) is 40.8 Å².